The maximum Gasteiger partial charge on any atom is 0.271 e. The number of nitrogens with one attached hydrogen (secondary N) is 1. The van der Waals surface area contributed by atoms with E-state index >= 15 is 0 Å². The lowest BCUT2D eigenvalue weighted by molar-refractivity contribution is 0.338. The van der Waals surface area contributed by atoms with Crippen molar-refractivity contribution in [3.8, 4) is 10.8 Å². The highest BCUT2D eigenvalue weighted by Gasteiger charge is 2.26. The number of aryl methyl sites for hydroxylation is 1. The van der Waals surface area contributed by atoms with Gasteiger partial charge < -0.3 is 4.42 Å². The lowest BCUT2D eigenvalue weighted by Gasteiger charge is -2.20. The van der Waals surface area contributed by atoms with Crippen LogP contribution in [0.15, 0.2) is 45.0 Å². The number of nitrogens with zero attached hydrogens (tertiary/aromatic N) is 2. The maximum absolute atomic E-state index is 12.6. The minimum atomic E-state index is -3.65. The van der Waals surface area contributed by atoms with Crippen LogP contribution in [0.25, 0.3) is 10.8 Å². The van der Waals surface area contributed by atoms with Crippen molar-refractivity contribution in [3.63, 3.8) is 0 Å². The number of hydrogen-bond acceptors (Lipinski definition) is 6. The highest BCUT2D eigenvalue weighted by atomic mass is 32.2. The fourth-order valence-corrected chi connectivity index (χ4v) is 4.97. The summed E-state index contributed by atoms with van der Waals surface area (Å²) in [6.45, 7) is 1.86. The number of sulfonamides is 1. The zero-order chi connectivity index (χ0) is 17.4. The van der Waals surface area contributed by atoms with E-state index in [1.165, 1.54) is 6.42 Å². The van der Waals surface area contributed by atoms with Crippen molar-refractivity contribution in [1.29, 1.82) is 0 Å². The van der Waals surface area contributed by atoms with Crippen molar-refractivity contribution < 1.29 is 12.8 Å². The second kappa shape index (κ2) is 6.27. The summed E-state index contributed by atoms with van der Waals surface area (Å²) in [5.41, 5.74) is 1.44. The Morgan fingerprint density at radius 1 is 1.16 bits per heavy atom. The minimum Gasteiger partial charge on any atom is -0.420 e. The first-order chi connectivity index (χ1) is 12.0. The lowest BCUT2D eigenvalue weighted by atomic mass is 9.85. The molecule has 0 bridgehead atoms. The van der Waals surface area contributed by atoms with Gasteiger partial charge in [-0.25, -0.2) is 8.42 Å². The zero-order valence-corrected chi connectivity index (χ0v) is 15.2. The summed E-state index contributed by atoms with van der Waals surface area (Å²) >= 11 is 1.12. The number of benzene rings is 1. The average Bonchev–Trinajstić information content (AvgIpc) is 3.17. The molecule has 2 heterocycles. The van der Waals surface area contributed by atoms with Crippen molar-refractivity contribution in [1.82, 2.24) is 10.2 Å². The zero-order valence-electron chi connectivity index (χ0n) is 13.6. The SMILES string of the molecule is Cc1ccccc1NS(=O)(=O)c1ccc(-c2nnc(C3CCC3)o2)s1. The summed E-state index contributed by atoms with van der Waals surface area (Å²) in [4.78, 5) is 0.656. The Labute approximate surface area is 150 Å². The van der Waals surface area contributed by atoms with Crippen LogP contribution in [0, 0.1) is 6.92 Å². The van der Waals surface area contributed by atoms with E-state index in [4.69, 9.17) is 4.42 Å². The van der Waals surface area contributed by atoms with Gasteiger partial charge in [-0.05, 0) is 43.5 Å². The highest BCUT2D eigenvalue weighted by Crippen LogP contribution is 2.38. The van der Waals surface area contributed by atoms with Gasteiger partial charge in [0.15, 0.2) is 0 Å². The molecule has 0 atom stereocenters. The molecule has 130 valence electrons. The summed E-state index contributed by atoms with van der Waals surface area (Å²) < 4.78 is 33.8. The van der Waals surface area contributed by atoms with Crippen molar-refractivity contribution in [2.45, 2.75) is 36.3 Å². The summed E-state index contributed by atoms with van der Waals surface area (Å²) in [5.74, 6) is 1.38. The second-order valence-corrected chi connectivity index (χ2v) is 9.11. The van der Waals surface area contributed by atoms with E-state index in [9.17, 15) is 8.42 Å². The number of para-hydroxylation sites is 1. The summed E-state index contributed by atoms with van der Waals surface area (Å²) in [7, 11) is -3.65. The smallest absolute Gasteiger partial charge is 0.271 e. The molecule has 8 heteroatoms. The monoisotopic (exact) mass is 375 g/mol. The Bertz CT molecular complexity index is 1000. The van der Waals surface area contributed by atoms with E-state index in [0.717, 1.165) is 29.7 Å². The molecular weight excluding hydrogens is 358 g/mol. The molecule has 4 rings (SSSR count). The molecular formula is C17H17N3O3S2. The molecule has 6 nitrogen and oxygen atoms in total. The predicted octanol–water partition coefficient (Wildman–Crippen LogP) is 4.17. The standard InChI is InChI=1S/C17H17N3O3S2/c1-11-5-2-3-8-13(11)20-25(21,22)15-10-9-14(24-15)17-19-18-16(23-17)12-6-4-7-12/h2-3,5,8-10,12,20H,4,6-7H2,1H3. The number of aromatic nitrogens is 2. The molecule has 0 spiro atoms. The van der Waals surface area contributed by atoms with Crippen LogP contribution in [0.1, 0.15) is 36.6 Å². The van der Waals surface area contributed by atoms with E-state index in [-0.39, 0.29) is 4.21 Å². The highest BCUT2D eigenvalue weighted by molar-refractivity contribution is 7.94. The molecule has 1 fully saturated rings. The van der Waals surface area contributed by atoms with Crippen molar-refractivity contribution in [2.24, 2.45) is 0 Å². The van der Waals surface area contributed by atoms with Gasteiger partial charge in [-0.2, -0.15) is 0 Å². The van der Waals surface area contributed by atoms with Gasteiger partial charge in [0.2, 0.25) is 5.89 Å². The van der Waals surface area contributed by atoms with Crippen molar-refractivity contribution in [3.05, 3.63) is 47.9 Å². The van der Waals surface area contributed by atoms with E-state index < -0.39 is 10.0 Å². The summed E-state index contributed by atoms with van der Waals surface area (Å²) in [6.07, 6.45) is 3.34. The second-order valence-electron chi connectivity index (χ2n) is 6.11. The normalized spacial score (nSPS) is 15.1. The van der Waals surface area contributed by atoms with Crippen LogP contribution in [-0.4, -0.2) is 18.6 Å². The number of hydrogen-bond donors (Lipinski definition) is 1. The molecule has 0 saturated heterocycles. The first-order valence-corrected chi connectivity index (χ1v) is 10.3. The number of rotatable bonds is 5. The molecule has 0 amide bonds. The minimum absolute atomic E-state index is 0.217. The average molecular weight is 375 g/mol. The van der Waals surface area contributed by atoms with Gasteiger partial charge in [0, 0.05) is 5.92 Å². The van der Waals surface area contributed by atoms with Gasteiger partial charge in [0.05, 0.1) is 10.6 Å². The van der Waals surface area contributed by atoms with Crippen LogP contribution in [-0.2, 0) is 10.0 Å². The van der Waals surface area contributed by atoms with Gasteiger partial charge in [-0.3, -0.25) is 4.72 Å². The predicted molar refractivity (Wildman–Crippen MR) is 96.2 cm³/mol. The van der Waals surface area contributed by atoms with E-state index in [1.54, 1.807) is 24.3 Å². The van der Waals surface area contributed by atoms with Gasteiger partial charge >= 0.3 is 0 Å². The molecule has 2 aromatic heterocycles. The van der Waals surface area contributed by atoms with Crippen LogP contribution < -0.4 is 4.72 Å². The molecule has 1 aliphatic rings. The first-order valence-electron chi connectivity index (χ1n) is 8.05. The van der Waals surface area contributed by atoms with Gasteiger partial charge in [0.25, 0.3) is 15.9 Å². The van der Waals surface area contributed by atoms with Gasteiger partial charge in [0.1, 0.15) is 4.21 Å². The van der Waals surface area contributed by atoms with Crippen LogP contribution in [0.4, 0.5) is 5.69 Å². The fourth-order valence-electron chi connectivity index (χ4n) is 2.62. The summed E-state index contributed by atoms with van der Waals surface area (Å²) in [5, 5.41) is 8.15. The fraction of sp³-hybridized carbons (Fsp3) is 0.294. The molecule has 0 aliphatic heterocycles. The van der Waals surface area contributed by atoms with Crippen LogP contribution in [0.2, 0.25) is 0 Å². The summed E-state index contributed by atoms with van der Waals surface area (Å²) in [6, 6.07) is 10.5. The van der Waals surface area contributed by atoms with E-state index in [0.29, 0.717) is 28.3 Å². The van der Waals surface area contributed by atoms with Crippen LogP contribution in [0.5, 0.6) is 0 Å². The molecule has 0 radical (unpaired) electrons. The van der Waals surface area contributed by atoms with Gasteiger partial charge in [-0.1, -0.05) is 24.6 Å². The molecule has 1 N–H and O–H groups in total. The van der Waals surface area contributed by atoms with Crippen molar-refractivity contribution in [2.75, 3.05) is 4.72 Å². The number of thiophene rings is 1. The molecule has 3 aromatic rings. The van der Waals surface area contributed by atoms with Crippen LogP contribution in [0.3, 0.4) is 0 Å². The molecule has 1 aliphatic carbocycles. The molecule has 25 heavy (non-hydrogen) atoms. The Morgan fingerprint density at radius 3 is 2.68 bits per heavy atom. The molecule has 1 saturated carbocycles. The van der Waals surface area contributed by atoms with Crippen molar-refractivity contribution >= 4 is 27.0 Å². The Morgan fingerprint density at radius 2 is 1.96 bits per heavy atom. The maximum atomic E-state index is 12.6. The van der Waals surface area contributed by atoms with E-state index in [2.05, 4.69) is 14.9 Å². The third kappa shape index (κ3) is 3.19. The molecule has 0 unspecified atom stereocenters. The van der Waals surface area contributed by atoms with E-state index in [1.807, 2.05) is 19.1 Å². The molecule has 1 aromatic carbocycles. The first kappa shape index (κ1) is 16.3. The quantitative estimate of drug-likeness (QED) is 0.723. The van der Waals surface area contributed by atoms with Crippen LogP contribution >= 0.6 is 11.3 Å². The Hall–Kier alpha value is -2.19. The topological polar surface area (TPSA) is 85.1 Å². The third-order valence-corrected chi connectivity index (χ3v) is 7.27. The Balaban J connectivity index is 1.57. The largest absolute Gasteiger partial charge is 0.420 e. The lowest BCUT2D eigenvalue weighted by Crippen LogP contribution is -2.12. The third-order valence-electron chi connectivity index (χ3n) is 4.34. The number of anilines is 1. The van der Waals surface area contributed by atoms with Gasteiger partial charge in [-0.15, -0.1) is 21.5 Å². The Kier molecular flexibility index (Phi) is 4.09.